The average molecular weight is 302 g/mol. The molecule has 18 heavy (non-hydrogen) atoms. The van der Waals surface area contributed by atoms with E-state index in [1.165, 1.54) is 0 Å². The van der Waals surface area contributed by atoms with E-state index in [0.29, 0.717) is 33.2 Å². The summed E-state index contributed by atoms with van der Waals surface area (Å²) in [6, 6.07) is 5.59. The molecular formula is C13H11Cl3N2. The Morgan fingerprint density at radius 2 is 1.94 bits per heavy atom. The van der Waals surface area contributed by atoms with Crippen molar-refractivity contribution >= 4 is 45.7 Å². The van der Waals surface area contributed by atoms with Crippen LogP contribution >= 0.6 is 34.8 Å². The molecule has 2 nitrogen and oxygen atoms in total. The molecule has 0 radical (unpaired) electrons. The van der Waals surface area contributed by atoms with Gasteiger partial charge in [0.2, 0.25) is 0 Å². The molecule has 0 aliphatic rings. The van der Waals surface area contributed by atoms with E-state index in [9.17, 15) is 5.26 Å². The minimum Gasteiger partial charge on any atom is -0.329 e. The van der Waals surface area contributed by atoms with Crippen molar-refractivity contribution in [2.75, 3.05) is 0 Å². The number of halogens is 3. The Balaban J connectivity index is 2.87. The highest BCUT2D eigenvalue weighted by molar-refractivity contribution is 6.45. The van der Waals surface area contributed by atoms with Crippen LogP contribution in [-0.2, 0) is 6.54 Å². The van der Waals surface area contributed by atoms with Crippen molar-refractivity contribution in [2.45, 2.75) is 20.4 Å². The van der Waals surface area contributed by atoms with Crippen LogP contribution in [0.15, 0.2) is 12.1 Å². The molecule has 0 fully saturated rings. The SMILES string of the molecule is CC(C)Cn1c(Cl)c(C#N)c2ccc(Cl)c(Cl)c21. The summed E-state index contributed by atoms with van der Waals surface area (Å²) in [5, 5.41) is 11.3. The smallest absolute Gasteiger partial charge is 0.128 e. The van der Waals surface area contributed by atoms with E-state index in [4.69, 9.17) is 34.8 Å². The topological polar surface area (TPSA) is 28.7 Å². The van der Waals surface area contributed by atoms with Crippen LogP contribution in [0.4, 0.5) is 0 Å². The monoisotopic (exact) mass is 300 g/mol. The maximum Gasteiger partial charge on any atom is 0.128 e. The number of hydrogen-bond donors (Lipinski definition) is 0. The van der Waals surface area contributed by atoms with Gasteiger partial charge in [-0.05, 0) is 18.1 Å². The molecule has 0 unspecified atom stereocenters. The molecule has 0 aliphatic heterocycles. The normalized spacial score (nSPS) is 11.2. The Morgan fingerprint density at radius 3 is 2.50 bits per heavy atom. The maximum absolute atomic E-state index is 9.20. The maximum atomic E-state index is 9.20. The van der Waals surface area contributed by atoms with Gasteiger partial charge in [0.1, 0.15) is 11.2 Å². The van der Waals surface area contributed by atoms with Crippen molar-refractivity contribution in [3.63, 3.8) is 0 Å². The predicted molar refractivity (Wildman–Crippen MR) is 76.5 cm³/mol. The van der Waals surface area contributed by atoms with E-state index in [0.717, 1.165) is 10.9 Å². The second-order valence-electron chi connectivity index (χ2n) is 4.54. The van der Waals surface area contributed by atoms with Crippen LogP contribution in [-0.4, -0.2) is 4.57 Å². The Labute approximate surface area is 121 Å². The molecule has 0 saturated heterocycles. The van der Waals surface area contributed by atoms with Gasteiger partial charge in [0.15, 0.2) is 0 Å². The van der Waals surface area contributed by atoms with E-state index in [1.807, 2.05) is 4.57 Å². The van der Waals surface area contributed by atoms with Gasteiger partial charge in [0, 0.05) is 11.9 Å². The van der Waals surface area contributed by atoms with Gasteiger partial charge in [0.25, 0.3) is 0 Å². The molecule has 0 N–H and O–H groups in total. The van der Waals surface area contributed by atoms with Crippen LogP contribution in [0.5, 0.6) is 0 Å². The number of hydrogen-bond acceptors (Lipinski definition) is 1. The third-order valence-electron chi connectivity index (χ3n) is 2.71. The van der Waals surface area contributed by atoms with E-state index in [2.05, 4.69) is 19.9 Å². The highest BCUT2D eigenvalue weighted by Gasteiger charge is 2.19. The molecule has 5 heteroatoms. The third kappa shape index (κ3) is 2.07. The molecule has 0 aliphatic carbocycles. The van der Waals surface area contributed by atoms with Crippen molar-refractivity contribution in [3.05, 3.63) is 32.9 Å². The van der Waals surface area contributed by atoms with Crippen molar-refractivity contribution in [1.82, 2.24) is 4.57 Å². The molecule has 1 aromatic carbocycles. The van der Waals surface area contributed by atoms with E-state index < -0.39 is 0 Å². The summed E-state index contributed by atoms with van der Waals surface area (Å²) in [4.78, 5) is 0. The summed E-state index contributed by atoms with van der Waals surface area (Å²) >= 11 is 18.5. The Kier molecular flexibility index (Phi) is 3.77. The highest BCUT2D eigenvalue weighted by atomic mass is 35.5. The number of nitriles is 1. The first kappa shape index (κ1) is 13.5. The van der Waals surface area contributed by atoms with Crippen molar-refractivity contribution < 1.29 is 0 Å². The minimum absolute atomic E-state index is 0.389. The number of aromatic nitrogens is 1. The number of fused-ring (bicyclic) bond motifs is 1. The lowest BCUT2D eigenvalue weighted by Crippen LogP contribution is -2.04. The largest absolute Gasteiger partial charge is 0.329 e. The van der Waals surface area contributed by atoms with Crippen LogP contribution in [0.2, 0.25) is 15.2 Å². The standard InChI is InChI=1S/C13H11Cl3N2/c1-7(2)6-18-12-8(9(5-17)13(18)16)3-4-10(14)11(12)15/h3-4,7H,6H2,1-2H3. The van der Waals surface area contributed by atoms with Crippen LogP contribution in [0.25, 0.3) is 10.9 Å². The zero-order valence-electron chi connectivity index (χ0n) is 9.97. The minimum atomic E-state index is 0.389. The fourth-order valence-corrected chi connectivity index (χ4v) is 2.71. The van der Waals surface area contributed by atoms with Crippen LogP contribution in [0, 0.1) is 17.2 Å². The van der Waals surface area contributed by atoms with Crippen LogP contribution in [0.1, 0.15) is 19.4 Å². The van der Waals surface area contributed by atoms with E-state index in [-0.39, 0.29) is 0 Å². The summed E-state index contributed by atoms with van der Waals surface area (Å²) in [5.41, 5.74) is 1.19. The Bertz CT molecular complexity index is 651. The summed E-state index contributed by atoms with van der Waals surface area (Å²) in [6.07, 6.45) is 0. The van der Waals surface area contributed by atoms with Gasteiger partial charge in [-0.15, -0.1) is 0 Å². The summed E-state index contributed by atoms with van der Waals surface area (Å²) < 4.78 is 1.86. The van der Waals surface area contributed by atoms with Gasteiger partial charge in [-0.25, -0.2) is 0 Å². The lowest BCUT2D eigenvalue weighted by molar-refractivity contribution is 0.535. The van der Waals surface area contributed by atoms with Gasteiger partial charge in [0.05, 0.1) is 21.1 Å². The molecule has 0 spiro atoms. The molecule has 0 atom stereocenters. The fourth-order valence-electron chi connectivity index (χ4n) is 1.99. The van der Waals surface area contributed by atoms with Gasteiger partial charge in [-0.2, -0.15) is 5.26 Å². The molecule has 1 heterocycles. The molecule has 2 rings (SSSR count). The molecule has 1 aromatic heterocycles. The highest BCUT2D eigenvalue weighted by Crippen LogP contribution is 2.37. The van der Waals surface area contributed by atoms with Gasteiger partial charge < -0.3 is 4.57 Å². The number of rotatable bonds is 2. The molecule has 94 valence electrons. The fraction of sp³-hybridized carbons (Fsp3) is 0.308. The third-order valence-corrected chi connectivity index (χ3v) is 3.90. The van der Waals surface area contributed by atoms with Crippen LogP contribution < -0.4 is 0 Å². The number of benzene rings is 1. The summed E-state index contributed by atoms with van der Waals surface area (Å²) in [5.74, 6) is 0.389. The van der Waals surface area contributed by atoms with Gasteiger partial charge in [-0.1, -0.05) is 48.7 Å². The van der Waals surface area contributed by atoms with Gasteiger partial charge in [-0.3, -0.25) is 0 Å². The second-order valence-corrected chi connectivity index (χ2v) is 5.68. The molecule has 0 saturated carbocycles. The average Bonchev–Trinajstić information content (AvgIpc) is 2.57. The summed E-state index contributed by atoms with van der Waals surface area (Å²) in [7, 11) is 0. The zero-order valence-corrected chi connectivity index (χ0v) is 12.2. The first-order valence-electron chi connectivity index (χ1n) is 5.53. The predicted octanol–water partition coefficient (Wildman–Crippen LogP) is 5.13. The first-order chi connectivity index (χ1) is 8.47. The van der Waals surface area contributed by atoms with Crippen LogP contribution in [0.3, 0.4) is 0 Å². The summed E-state index contributed by atoms with van der Waals surface area (Å²) in [6.45, 7) is 4.84. The Hall–Kier alpha value is -0.880. The lowest BCUT2D eigenvalue weighted by atomic mass is 10.2. The number of nitrogens with zero attached hydrogens (tertiary/aromatic N) is 2. The van der Waals surface area contributed by atoms with Crippen molar-refractivity contribution in [1.29, 1.82) is 5.26 Å². The lowest BCUT2D eigenvalue weighted by Gasteiger charge is -2.11. The van der Waals surface area contributed by atoms with Gasteiger partial charge >= 0.3 is 0 Å². The quantitative estimate of drug-likeness (QED) is 0.756. The second kappa shape index (κ2) is 5.01. The van der Waals surface area contributed by atoms with Crippen molar-refractivity contribution in [2.24, 2.45) is 5.92 Å². The van der Waals surface area contributed by atoms with Crippen molar-refractivity contribution in [3.8, 4) is 6.07 Å². The zero-order chi connectivity index (χ0) is 13.4. The van der Waals surface area contributed by atoms with E-state index >= 15 is 0 Å². The molecule has 0 bridgehead atoms. The molecular weight excluding hydrogens is 291 g/mol. The first-order valence-corrected chi connectivity index (χ1v) is 6.66. The van der Waals surface area contributed by atoms with E-state index in [1.54, 1.807) is 12.1 Å². The molecule has 0 amide bonds. The molecule has 2 aromatic rings. The Morgan fingerprint density at radius 1 is 1.28 bits per heavy atom.